The van der Waals surface area contributed by atoms with E-state index in [2.05, 4.69) is 35.8 Å². The van der Waals surface area contributed by atoms with Gasteiger partial charge in [-0.15, -0.1) is 11.8 Å². The second-order valence-electron chi connectivity index (χ2n) is 5.94. The number of carbonyl (C=O) groups excluding carboxylic acids is 1. The predicted octanol–water partition coefficient (Wildman–Crippen LogP) is 5.57. The van der Waals surface area contributed by atoms with E-state index in [0.717, 1.165) is 33.0 Å². The van der Waals surface area contributed by atoms with E-state index in [1.165, 1.54) is 17.8 Å². The number of fused-ring (bicyclic) bond motifs is 2. The van der Waals surface area contributed by atoms with E-state index in [1.54, 1.807) is 0 Å². The lowest BCUT2D eigenvalue weighted by Gasteiger charge is -2.10. The molecule has 0 bridgehead atoms. The number of esters is 1. The fourth-order valence-corrected chi connectivity index (χ4v) is 3.72. The van der Waals surface area contributed by atoms with Crippen molar-refractivity contribution >= 4 is 39.6 Å². The van der Waals surface area contributed by atoms with Crippen molar-refractivity contribution in [3.8, 4) is 11.5 Å². The average molecular weight is 375 g/mol. The summed E-state index contributed by atoms with van der Waals surface area (Å²) in [6.07, 6.45) is 1.17. The third kappa shape index (κ3) is 3.59. The predicted molar refractivity (Wildman–Crippen MR) is 109 cm³/mol. The molecular weight excluding hydrogens is 358 g/mol. The number of hydrogen-bond acceptors (Lipinski definition) is 5. The molecule has 1 heterocycles. The Labute approximate surface area is 160 Å². The summed E-state index contributed by atoms with van der Waals surface area (Å²) in [6, 6.07) is 20.1. The van der Waals surface area contributed by atoms with Gasteiger partial charge in [-0.25, -0.2) is 9.78 Å². The van der Waals surface area contributed by atoms with Crippen LogP contribution in [0.3, 0.4) is 0 Å². The van der Waals surface area contributed by atoms with E-state index in [4.69, 9.17) is 9.15 Å². The van der Waals surface area contributed by atoms with Crippen LogP contribution in [0.15, 0.2) is 77.7 Å². The summed E-state index contributed by atoms with van der Waals surface area (Å²) >= 11 is 1.51. The molecule has 5 heteroatoms. The molecular formula is C22H17NO3S. The van der Waals surface area contributed by atoms with Crippen LogP contribution in [-0.4, -0.2) is 16.9 Å². The highest BCUT2D eigenvalue weighted by molar-refractivity contribution is 7.98. The van der Waals surface area contributed by atoms with E-state index in [-0.39, 0.29) is 5.94 Å². The third-order valence-electron chi connectivity index (χ3n) is 4.23. The Morgan fingerprint density at radius 3 is 2.78 bits per heavy atom. The third-order valence-corrected chi connectivity index (χ3v) is 5.03. The zero-order chi connectivity index (χ0) is 18.6. The summed E-state index contributed by atoms with van der Waals surface area (Å²) in [5.74, 6) is 1.13. The van der Waals surface area contributed by atoms with Crippen LogP contribution in [0.5, 0.6) is 0 Å². The highest BCUT2D eigenvalue weighted by atomic mass is 32.2. The number of para-hydroxylation sites is 2. The molecule has 4 rings (SSSR count). The van der Waals surface area contributed by atoms with E-state index < -0.39 is 5.97 Å². The zero-order valence-corrected chi connectivity index (χ0v) is 15.4. The van der Waals surface area contributed by atoms with Crippen molar-refractivity contribution in [3.63, 3.8) is 0 Å². The number of carbonyl (C=O) groups is 1. The van der Waals surface area contributed by atoms with Gasteiger partial charge in [0.25, 0.3) is 0 Å². The summed E-state index contributed by atoms with van der Waals surface area (Å²) in [5.41, 5.74) is 3.66. The summed E-state index contributed by atoms with van der Waals surface area (Å²) < 4.78 is 11.1. The van der Waals surface area contributed by atoms with Gasteiger partial charge in [-0.05, 0) is 28.5 Å². The van der Waals surface area contributed by atoms with Gasteiger partial charge in [0.1, 0.15) is 11.5 Å². The molecule has 1 aromatic heterocycles. The minimum Gasteiger partial charge on any atom is -0.451 e. The molecule has 0 saturated heterocycles. The van der Waals surface area contributed by atoms with Gasteiger partial charge in [0, 0.05) is 17.4 Å². The molecule has 0 fully saturated rings. The van der Waals surface area contributed by atoms with Crippen LogP contribution < -0.4 is 0 Å². The molecule has 134 valence electrons. The maximum atomic E-state index is 11.2. The van der Waals surface area contributed by atoms with E-state index in [0.29, 0.717) is 11.6 Å². The van der Waals surface area contributed by atoms with Crippen molar-refractivity contribution in [1.29, 1.82) is 0 Å². The van der Waals surface area contributed by atoms with Crippen molar-refractivity contribution in [2.45, 2.75) is 5.75 Å². The minimum atomic E-state index is -0.416. The lowest BCUT2D eigenvalue weighted by Crippen LogP contribution is -1.99. The standard InChI is InChI=1S/C22H17NO3S/c1-2-20(24)25-14-27-13-16-12-11-15-7-3-4-8-17(15)21(16)22-23-18-9-5-6-10-19(18)26-22/h2-12H,1,13-14H2. The van der Waals surface area contributed by atoms with Gasteiger partial charge in [-0.2, -0.15) is 0 Å². The van der Waals surface area contributed by atoms with Crippen LogP contribution in [0.2, 0.25) is 0 Å². The summed E-state index contributed by atoms with van der Waals surface area (Å²) in [4.78, 5) is 15.9. The van der Waals surface area contributed by atoms with Crippen LogP contribution in [0.1, 0.15) is 5.56 Å². The molecule has 4 aromatic rings. The molecule has 0 unspecified atom stereocenters. The number of nitrogens with zero attached hydrogens (tertiary/aromatic N) is 1. The highest BCUT2D eigenvalue weighted by Crippen LogP contribution is 2.35. The highest BCUT2D eigenvalue weighted by Gasteiger charge is 2.16. The fraction of sp³-hybridized carbons (Fsp3) is 0.0909. The number of thioether (sulfide) groups is 1. The number of benzene rings is 3. The zero-order valence-electron chi connectivity index (χ0n) is 14.6. The monoisotopic (exact) mass is 375 g/mol. The van der Waals surface area contributed by atoms with Gasteiger partial charge in [-0.1, -0.05) is 55.1 Å². The molecule has 0 aliphatic heterocycles. The molecule has 0 radical (unpaired) electrons. The first-order chi connectivity index (χ1) is 13.3. The molecule has 0 amide bonds. The number of oxazole rings is 1. The van der Waals surface area contributed by atoms with E-state index >= 15 is 0 Å². The largest absolute Gasteiger partial charge is 0.451 e. The van der Waals surface area contributed by atoms with Crippen LogP contribution >= 0.6 is 11.8 Å². The van der Waals surface area contributed by atoms with Gasteiger partial charge in [0.2, 0.25) is 5.89 Å². The molecule has 0 spiro atoms. The van der Waals surface area contributed by atoms with Crippen molar-refractivity contribution in [1.82, 2.24) is 4.98 Å². The first kappa shape index (κ1) is 17.4. The first-order valence-corrected chi connectivity index (χ1v) is 9.65. The van der Waals surface area contributed by atoms with Crippen LogP contribution in [0, 0.1) is 0 Å². The number of rotatable bonds is 6. The quantitative estimate of drug-likeness (QED) is 0.191. The Balaban J connectivity index is 1.74. The maximum Gasteiger partial charge on any atom is 0.330 e. The second kappa shape index (κ2) is 7.68. The topological polar surface area (TPSA) is 52.3 Å². The molecule has 0 N–H and O–H groups in total. The van der Waals surface area contributed by atoms with Crippen LogP contribution in [0.25, 0.3) is 33.3 Å². The normalized spacial score (nSPS) is 11.0. The molecule has 27 heavy (non-hydrogen) atoms. The van der Waals surface area contributed by atoms with Gasteiger partial charge >= 0.3 is 5.97 Å². The van der Waals surface area contributed by atoms with Crippen molar-refractivity contribution < 1.29 is 13.9 Å². The Morgan fingerprint density at radius 2 is 1.93 bits per heavy atom. The summed E-state index contributed by atoms with van der Waals surface area (Å²) in [5, 5.41) is 2.21. The maximum absolute atomic E-state index is 11.2. The SMILES string of the molecule is C=CC(=O)OCSCc1ccc2ccccc2c1-c1nc2ccccc2o1. The molecule has 0 aliphatic carbocycles. The van der Waals surface area contributed by atoms with E-state index in [1.807, 2.05) is 36.4 Å². The van der Waals surface area contributed by atoms with E-state index in [9.17, 15) is 4.79 Å². The van der Waals surface area contributed by atoms with Crippen molar-refractivity contribution in [3.05, 3.63) is 78.9 Å². The Morgan fingerprint density at radius 1 is 1.11 bits per heavy atom. The summed E-state index contributed by atoms with van der Waals surface area (Å²) in [6.45, 7) is 3.40. The minimum absolute atomic E-state index is 0.269. The average Bonchev–Trinajstić information content (AvgIpc) is 3.14. The van der Waals surface area contributed by atoms with Crippen molar-refractivity contribution in [2.24, 2.45) is 0 Å². The van der Waals surface area contributed by atoms with Crippen LogP contribution in [0.4, 0.5) is 0 Å². The molecule has 0 atom stereocenters. The molecule has 3 aromatic carbocycles. The molecule has 0 aliphatic rings. The smallest absolute Gasteiger partial charge is 0.330 e. The number of ether oxygens (including phenoxy) is 1. The molecule has 0 saturated carbocycles. The lowest BCUT2D eigenvalue weighted by atomic mass is 9.99. The number of aromatic nitrogens is 1. The van der Waals surface area contributed by atoms with Crippen molar-refractivity contribution in [2.75, 3.05) is 5.94 Å². The number of hydrogen-bond donors (Lipinski definition) is 0. The van der Waals surface area contributed by atoms with Gasteiger partial charge in [0.15, 0.2) is 5.58 Å². The molecule has 4 nitrogen and oxygen atoms in total. The Kier molecular flexibility index (Phi) is 4.94. The summed E-state index contributed by atoms with van der Waals surface area (Å²) in [7, 11) is 0. The van der Waals surface area contributed by atoms with Gasteiger partial charge < -0.3 is 9.15 Å². The first-order valence-electron chi connectivity index (χ1n) is 8.50. The Bertz CT molecular complexity index is 1100. The lowest BCUT2D eigenvalue weighted by molar-refractivity contribution is -0.135. The fourth-order valence-electron chi connectivity index (χ4n) is 2.98. The second-order valence-corrected chi connectivity index (χ2v) is 6.87. The Hall–Kier alpha value is -3.05. The van der Waals surface area contributed by atoms with Gasteiger partial charge in [0.05, 0.1) is 0 Å². The van der Waals surface area contributed by atoms with Crippen LogP contribution in [-0.2, 0) is 15.3 Å². The van der Waals surface area contributed by atoms with Gasteiger partial charge in [-0.3, -0.25) is 0 Å².